The molecule has 1 aliphatic heterocycles. The number of aromatic nitrogens is 5. The van der Waals surface area contributed by atoms with Crippen LogP contribution in [0.3, 0.4) is 0 Å². The van der Waals surface area contributed by atoms with E-state index in [0.29, 0.717) is 27.2 Å². The first-order valence-corrected chi connectivity index (χ1v) is 19.7. The molecule has 3 aliphatic rings. The van der Waals surface area contributed by atoms with Crippen LogP contribution in [0, 0.1) is 29.4 Å². The highest BCUT2D eigenvalue weighted by atomic mass is 32.2. The van der Waals surface area contributed by atoms with Gasteiger partial charge in [-0.2, -0.15) is 32.1 Å². The number of nitrogens with zero attached hydrogens (tertiary/aromatic N) is 6. The number of anilines is 1. The molecule has 0 radical (unpaired) electrons. The van der Waals surface area contributed by atoms with Crippen LogP contribution in [-0.4, -0.2) is 80.9 Å². The average Bonchev–Trinajstić information content (AvgIpc) is 3.65. The third-order valence-electron chi connectivity index (χ3n) is 10.4. The monoisotopic (exact) mass is 830 g/mol. The molecule has 0 unspecified atom stereocenters. The summed E-state index contributed by atoms with van der Waals surface area (Å²) in [6.07, 6.45) is -4.65. The number of aryl methyl sites for hydroxylation is 1. The normalized spacial score (nSPS) is 19.8. The molecule has 3 aromatic heterocycles. The number of aliphatic hydroxyl groups is 1. The lowest BCUT2D eigenvalue weighted by molar-refractivity contribution is -0.142. The highest BCUT2D eigenvalue weighted by Gasteiger charge is 2.68. The average molecular weight is 831 g/mol. The minimum Gasteiger partial charge on any atom is -0.375 e. The molecule has 3 N–H and O–H groups in total. The van der Waals surface area contributed by atoms with Gasteiger partial charge in [0.2, 0.25) is 15.9 Å². The number of carbonyl (C=O) groups excluding carboxylic acids is 1. The topological polar surface area (TPSA) is 147 Å². The first-order valence-electron chi connectivity index (χ1n) is 17.8. The molecule has 2 fully saturated rings. The maximum absolute atomic E-state index is 15.4. The fourth-order valence-corrected chi connectivity index (χ4v) is 8.60. The van der Waals surface area contributed by atoms with E-state index >= 15 is 8.78 Å². The Morgan fingerprint density at radius 1 is 1.05 bits per heavy atom. The van der Waals surface area contributed by atoms with Crippen molar-refractivity contribution >= 4 is 32.7 Å². The molecular formula is C38H33F7N8O4S. The number of halogens is 7. The van der Waals surface area contributed by atoms with E-state index in [4.69, 9.17) is 4.98 Å². The quantitative estimate of drug-likeness (QED) is 0.141. The second kappa shape index (κ2) is 13.5. The Balaban J connectivity index is 1.26. The van der Waals surface area contributed by atoms with Crippen molar-refractivity contribution in [1.29, 1.82) is 0 Å². The van der Waals surface area contributed by atoms with Gasteiger partial charge in [0.1, 0.15) is 29.6 Å². The van der Waals surface area contributed by atoms with Crippen LogP contribution < -0.4 is 10.0 Å². The van der Waals surface area contributed by atoms with Gasteiger partial charge in [-0.15, -0.1) is 0 Å². The number of likely N-dealkylation sites (N-methyl/N-ethyl adjacent to an activating group) is 1. The standard InChI is InChI=1S/C38H33F7N8O4S/c1-51-17-36(55,18-51)10-9-22-7-8-23(24-5-4-6-25-32(24)52(2)49-35(25)50-58(3,56)57)31(46-22)28(13-19-11-20(39)14-21(40)12-19)47-29(54)16-53-34-30(33(48-53)38(43,44)45)26-15-27(26)37(34,41)42/h4-8,11-12,14,26-28,55H,13,15-18H2,1-3H3,(H,47,54)(H,49,50)/t26-,27+,28-/m0/s1. The van der Waals surface area contributed by atoms with Crippen molar-refractivity contribution in [2.75, 3.05) is 31.1 Å². The predicted molar refractivity (Wildman–Crippen MR) is 195 cm³/mol. The second-order valence-electron chi connectivity index (χ2n) is 15.1. The van der Waals surface area contributed by atoms with Crippen molar-refractivity contribution in [3.8, 4) is 23.0 Å². The highest BCUT2D eigenvalue weighted by Crippen LogP contribution is 2.68. The van der Waals surface area contributed by atoms with Crippen LogP contribution in [-0.2, 0) is 46.9 Å². The van der Waals surface area contributed by atoms with Gasteiger partial charge < -0.3 is 10.4 Å². The smallest absolute Gasteiger partial charge is 0.375 e. The number of benzene rings is 2. The van der Waals surface area contributed by atoms with Crippen LogP contribution in [0.25, 0.3) is 22.0 Å². The van der Waals surface area contributed by atoms with Crippen LogP contribution in [0.15, 0.2) is 48.5 Å². The third kappa shape index (κ3) is 7.26. The summed E-state index contributed by atoms with van der Waals surface area (Å²) >= 11 is 0. The molecule has 4 heterocycles. The van der Waals surface area contributed by atoms with Gasteiger partial charge in [-0.1, -0.05) is 18.1 Å². The number of fused-ring (bicyclic) bond motifs is 4. The minimum atomic E-state index is -5.07. The van der Waals surface area contributed by atoms with Crippen LogP contribution in [0.2, 0.25) is 0 Å². The summed E-state index contributed by atoms with van der Waals surface area (Å²) in [5.74, 6) is -3.45. The van der Waals surface area contributed by atoms with Crippen molar-refractivity contribution in [2.24, 2.45) is 13.0 Å². The van der Waals surface area contributed by atoms with Crippen LogP contribution >= 0.6 is 0 Å². The number of hydrogen-bond donors (Lipinski definition) is 3. The summed E-state index contributed by atoms with van der Waals surface area (Å²) in [6, 6.07) is 9.21. The number of sulfonamides is 1. The molecule has 20 heteroatoms. The van der Waals surface area contributed by atoms with Gasteiger partial charge in [0.25, 0.3) is 5.92 Å². The molecule has 5 aromatic rings. The van der Waals surface area contributed by atoms with Gasteiger partial charge in [0, 0.05) is 54.2 Å². The van der Waals surface area contributed by atoms with Gasteiger partial charge in [-0.25, -0.2) is 22.2 Å². The maximum atomic E-state index is 15.4. The number of likely N-dealkylation sites (tertiary alicyclic amines) is 1. The Morgan fingerprint density at radius 2 is 1.76 bits per heavy atom. The first kappa shape index (κ1) is 39.3. The van der Waals surface area contributed by atoms with Crippen LogP contribution in [0.4, 0.5) is 36.6 Å². The van der Waals surface area contributed by atoms with E-state index in [2.05, 4.69) is 32.1 Å². The molecule has 1 saturated carbocycles. The van der Waals surface area contributed by atoms with Crippen molar-refractivity contribution in [3.63, 3.8) is 0 Å². The van der Waals surface area contributed by atoms with E-state index in [9.17, 15) is 40.3 Å². The zero-order valence-corrected chi connectivity index (χ0v) is 31.6. The maximum Gasteiger partial charge on any atom is 0.435 e. The van der Waals surface area contributed by atoms with Crippen molar-refractivity contribution in [3.05, 3.63) is 94.1 Å². The number of para-hydroxylation sites is 1. The summed E-state index contributed by atoms with van der Waals surface area (Å²) in [7, 11) is -0.448. The van der Waals surface area contributed by atoms with E-state index in [0.717, 1.165) is 18.4 Å². The summed E-state index contributed by atoms with van der Waals surface area (Å²) < 4.78 is 131. The van der Waals surface area contributed by atoms with Crippen molar-refractivity contribution in [2.45, 2.75) is 49.0 Å². The Bertz CT molecular complexity index is 2680. The zero-order valence-electron chi connectivity index (χ0n) is 30.8. The molecule has 1 saturated heterocycles. The fourth-order valence-electron chi connectivity index (χ4n) is 8.10. The van der Waals surface area contributed by atoms with Gasteiger partial charge in [-0.05, 0) is 67.6 Å². The van der Waals surface area contributed by atoms with E-state index in [-0.39, 0.29) is 54.3 Å². The number of carbonyl (C=O) groups is 1. The van der Waals surface area contributed by atoms with E-state index in [1.54, 1.807) is 38.4 Å². The lowest BCUT2D eigenvalue weighted by Crippen LogP contribution is -2.59. The zero-order chi connectivity index (χ0) is 41.7. The van der Waals surface area contributed by atoms with Gasteiger partial charge in [0.05, 0.1) is 23.5 Å². The Labute approximate surface area is 326 Å². The molecule has 304 valence electrons. The largest absolute Gasteiger partial charge is 0.435 e. The van der Waals surface area contributed by atoms with E-state index in [1.807, 2.05) is 4.90 Å². The molecule has 2 aliphatic carbocycles. The van der Waals surface area contributed by atoms with Crippen molar-refractivity contribution in [1.82, 2.24) is 34.8 Å². The number of nitrogens with one attached hydrogen (secondary N) is 2. The lowest BCUT2D eigenvalue weighted by atomic mass is 9.93. The number of hydrogen-bond acceptors (Lipinski definition) is 8. The van der Waals surface area contributed by atoms with E-state index < -0.39 is 86.6 Å². The number of amides is 1. The van der Waals surface area contributed by atoms with Gasteiger partial charge in [-0.3, -0.25) is 23.8 Å². The SMILES string of the molecule is CN1CC(O)(C#Cc2ccc(-c3cccc4c(NS(C)(=O)=O)nn(C)c34)c([C@H](Cc3cc(F)cc(F)c3)NC(=O)Cn3nc(C(F)(F)F)c4c3C(F)(F)[C@@H]3C[C@H]43)n2)C1. The second-order valence-corrected chi connectivity index (χ2v) is 16.8. The summed E-state index contributed by atoms with van der Waals surface area (Å²) in [4.78, 5) is 20.5. The number of β-amino-alcohol motifs (C(OH)–C–C–N with tert-alkyl or cyclic N) is 1. The highest BCUT2D eigenvalue weighted by molar-refractivity contribution is 7.92. The van der Waals surface area contributed by atoms with Crippen molar-refractivity contribution < 1.29 is 49.1 Å². The Morgan fingerprint density at radius 3 is 2.41 bits per heavy atom. The van der Waals surface area contributed by atoms with Crippen LogP contribution in [0.1, 0.15) is 52.3 Å². The van der Waals surface area contributed by atoms with Crippen LogP contribution in [0.5, 0.6) is 0 Å². The third-order valence-corrected chi connectivity index (χ3v) is 10.9. The summed E-state index contributed by atoms with van der Waals surface area (Å²) in [5, 5.41) is 21.6. The molecule has 58 heavy (non-hydrogen) atoms. The van der Waals surface area contributed by atoms with E-state index in [1.165, 1.54) is 10.7 Å². The number of rotatable bonds is 9. The molecular weight excluding hydrogens is 798 g/mol. The molecule has 2 aromatic carbocycles. The minimum absolute atomic E-state index is 0.00272. The fraction of sp³-hybridized carbons (Fsp3) is 0.368. The van der Waals surface area contributed by atoms with Gasteiger partial charge in [0.15, 0.2) is 17.1 Å². The number of pyridine rings is 1. The summed E-state index contributed by atoms with van der Waals surface area (Å²) in [6.45, 7) is -0.585. The summed E-state index contributed by atoms with van der Waals surface area (Å²) in [5.41, 5.74) is -3.30. The Hall–Kier alpha value is -5.52. The molecule has 1 amide bonds. The molecule has 8 rings (SSSR count). The molecule has 0 bridgehead atoms. The molecule has 12 nitrogen and oxygen atoms in total. The predicted octanol–water partition coefficient (Wildman–Crippen LogP) is 4.84. The molecule has 3 atom stereocenters. The van der Waals surface area contributed by atoms with Gasteiger partial charge >= 0.3 is 6.18 Å². The number of alkyl halides is 5. The lowest BCUT2D eigenvalue weighted by Gasteiger charge is -2.40. The molecule has 0 spiro atoms. The Kier molecular flexibility index (Phi) is 9.17. The first-order chi connectivity index (χ1) is 27.1.